The summed E-state index contributed by atoms with van der Waals surface area (Å²) in [6.45, 7) is 4.02. The predicted molar refractivity (Wildman–Crippen MR) is 67.8 cm³/mol. The molecule has 0 bridgehead atoms. The Labute approximate surface area is 103 Å². The van der Waals surface area contributed by atoms with Crippen LogP contribution in [0.5, 0.6) is 5.88 Å². The van der Waals surface area contributed by atoms with Crippen LogP contribution in [0.25, 0.3) is 0 Å². The minimum atomic E-state index is 0.695. The van der Waals surface area contributed by atoms with Crippen LogP contribution in [-0.4, -0.2) is 36.6 Å². The minimum absolute atomic E-state index is 0.695. The topological polar surface area (TPSA) is 51.4 Å². The second-order valence-electron chi connectivity index (χ2n) is 4.64. The van der Waals surface area contributed by atoms with Gasteiger partial charge in [0.1, 0.15) is 0 Å². The molecule has 0 spiro atoms. The van der Waals surface area contributed by atoms with Crippen LogP contribution in [0.1, 0.15) is 18.5 Å². The van der Waals surface area contributed by atoms with Crippen LogP contribution in [0.3, 0.4) is 0 Å². The lowest BCUT2D eigenvalue weighted by Crippen LogP contribution is -2.21. The summed E-state index contributed by atoms with van der Waals surface area (Å²) in [7, 11) is 1.65. The fourth-order valence-corrected chi connectivity index (χ4v) is 2.42. The molecule has 0 saturated carbocycles. The number of pyridine rings is 1. The van der Waals surface area contributed by atoms with E-state index in [4.69, 9.17) is 10.5 Å². The Morgan fingerprint density at radius 1 is 1.53 bits per heavy atom. The molecule has 2 rings (SSSR count). The van der Waals surface area contributed by atoms with E-state index in [-0.39, 0.29) is 0 Å². The highest BCUT2D eigenvalue weighted by Gasteiger charge is 2.21. The predicted octanol–water partition coefficient (Wildman–Crippen LogP) is 1.26. The van der Waals surface area contributed by atoms with E-state index in [9.17, 15) is 0 Å². The van der Waals surface area contributed by atoms with Crippen molar-refractivity contribution in [3.05, 3.63) is 23.9 Å². The summed E-state index contributed by atoms with van der Waals surface area (Å²) >= 11 is 0. The van der Waals surface area contributed by atoms with Crippen LogP contribution < -0.4 is 10.5 Å². The lowest BCUT2D eigenvalue weighted by Gasteiger charge is -2.15. The van der Waals surface area contributed by atoms with E-state index in [1.54, 1.807) is 7.11 Å². The lowest BCUT2D eigenvalue weighted by molar-refractivity contribution is 0.307. The summed E-state index contributed by atoms with van der Waals surface area (Å²) in [5.74, 6) is 1.46. The summed E-state index contributed by atoms with van der Waals surface area (Å²) < 4.78 is 5.13. The molecule has 1 aliphatic rings. The number of aromatic nitrogens is 1. The Morgan fingerprint density at radius 3 is 3.18 bits per heavy atom. The normalized spacial score (nSPS) is 20.7. The quantitative estimate of drug-likeness (QED) is 0.835. The largest absolute Gasteiger partial charge is 0.481 e. The van der Waals surface area contributed by atoms with Gasteiger partial charge in [0.15, 0.2) is 0 Å². The fourth-order valence-electron chi connectivity index (χ4n) is 2.42. The van der Waals surface area contributed by atoms with Gasteiger partial charge in [0.25, 0.3) is 0 Å². The van der Waals surface area contributed by atoms with Gasteiger partial charge >= 0.3 is 0 Å². The third kappa shape index (κ3) is 3.41. The summed E-state index contributed by atoms with van der Waals surface area (Å²) in [6.07, 6.45) is 2.41. The number of nitrogens with zero attached hydrogens (tertiary/aromatic N) is 2. The zero-order chi connectivity index (χ0) is 12.1. The minimum Gasteiger partial charge on any atom is -0.481 e. The van der Waals surface area contributed by atoms with E-state index in [1.165, 1.54) is 6.42 Å². The van der Waals surface area contributed by atoms with Gasteiger partial charge in [-0.15, -0.1) is 0 Å². The van der Waals surface area contributed by atoms with E-state index in [0.717, 1.165) is 44.2 Å². The molecule has 0 aliphatic carbocycles. The smallest absolute Gasteiger partial charge is 0.213 e. The van der Waals surface area contributed by atoms with Gasteiger partial charge in [-0.2, -0.15) is 0 Å². The molecule has 1 fully saturated rings. The number of hydrogen-bond acceptors (Lipinski definition) is 4. The molecular formula is C13H21N3O. The third-order valence-electron chi connectivity index (χ3n) is 3.32. The first-order valence-electron chi connectivity index (χ1n) is 6.24. The van der Waals surface area contributed by atoms with Crippen molar-refractivity contribution in [3.63, 3.8) is 0 Å². The van der Waals surface area contributed by atoms with Crippen molar-refractivity contribution in [2.75, 3.05) is 26.7 Å². The second-order valence-corrected chi connectivity index (χ2v) is 4.64. The molecule has 2 N–H and O–H groups in total. The first kappa shape index (κ1) is 12.3. The van der Waals surface area contributed by atoms with E-state index in [2.05, 4.69) is 16.0 Å². The SMILES string of the molecule is COc1cccc(CN2CCC(CCN)C2)n1. The van der Waals surface area contributed by atoms with Crippen molar-refractivity contribution < 1.29 is 4.74 Å². The Kier molecular flexibility index (Phi) is 4.34. The van der Waals surface area contributed by atoms with E-state index >= 15 is 0 Å². The zero-order valence-electron chi connectivity index (χ0n) is 10.4. The van der Waals surface area contributed by atoms with Crippen LogP contribution in [-0.2, 0) is 6.54 Å². The number of hydrogen-bond donors (Lipinski definition) is 1. The zero-order valence-corrected chi connectivity index (χ0v) is 10.4. The summed E-state index contributed by atoms with van der Waals surface area (Å²) in [5, 5.41) is 0. The summed E-state index contributed by atoms with van der Waals surface area (Å²) in [6, 6.07) is 5.93. The molecule has 1 aliphatic heterocycles. The molecule has 2 heterocycles. The average Bonchev–Trinajstić information content (AvgIpc) is 2.77. The maximum atomic E-state index is 5.60. The Balaban J connectivity index is 1.88. The summed E-state index contributed by atoms with van der Waals surface area (Å²) in [4.78, 5) is 6.88. The molecule has 17 heavy (non-hydrogen) atoms. The third-order valence-corrected chi connectivity index (χ3v) is 3.32. The Morgan fingerprint density at radius 2 is 2.41 bits per heavy atom. The van der Waals surface area contributed by atoms with Crippen molar-refractivity contribution in [1.29, 1.82) is 0 Å². The number of methoxy groups -OCH3 is 1. The van der Waals surface area contributed by atoms with Crippen LogP contribution in [0.4, 0.5) is 0 Å². The first-order chi connectivity index (χ1) is 8.31. The number of ether oxygens (including phenoxy) is 1. The highest BCUT2D eigenvalue weighted by molar-refractivity contribution is 5.15. The van der Waals surface area contributed by atoms with Gasteiger partial charge in [-0.1, -0.05) is 6.07 Å². The van der Waals surface area contributed by atoms with Crippen molar-refractivity contribution in [1.82, 2.24) is 9.88 Å². The van der Waals surface area contributed by atoms with Crippen molar-refractivity contribution in [3.8, 4) is 5.88 Å². The lowest BCUT2D eigenvalue weighted by atomic mass is 10.1. The maximum Gasteiger partial charge on any atom is 0.213 e. The maximum absolute atomic E-state index is 5.60. The standard InChI is InChI=1S/C13H21N3O/c1-17-13-4-2-3-12(15-13)10-16-8-6-11(9-16)5-7-14/h2-4,11H,5-10,14H2,1H3. The van der Waals surface area contributed by atoms with Crippen LogP contribution in [0.15, 0.2) is 18.2 Å². The molecule has 1 saturated heterocycles. The number of nitrogens with two attached hydrogens (primary N) is 1. The van der Waals surface area contributed by atoms with E-state index in [0.29, 0.717) is 5.88 Å². The molecule has 1 atom stereocenters. The fraction of sp³-hybridized carbons (Fsp3) is 0.615. The summed E-state index contributed by atoms with van der Waals surface area (Å²) in [5.41, 5.74) is 6.68. The van der Waals surface area contributed by atoms with Crippen LogP contribution in [0, 0.1) is 5.92 Å². The van der Waals surface area contributed by atoms with Gasteiger partial charge in [-0.3, -0.25) is 4.90 Å². The van der Waals surface area contributed by atoms with Gasteiger partial charge in [0.05, 0.1) is 12.8 Å². The Bertz CT molecular complexity index is 356. The van der Waals surface area contributed by atoms with Gasteiger partial charge < -0.3 is 10.5 Å². The van der Waals surface area contributed by atoms with E-state index in [1.807, 2.05) is 12.1 Å². The van der Waals surface area contributed by atoms with Gasteiger partial charge in [-0.05, 0) is 37.9 Å². The average molecular weight is 235 g/mol. The van der Waals surface area contributed by atoms with Gasteiger partial charge in [-0.25, -0.2) is 4.98 Å². The van der Waals surface area contributed by atoms with Crippen molar-refractivity contribution in [2.45, 2.75) is 19.4 Å². The molecule has 4 nitrogen and oxygen atoms in total. The highest BCUT2D eigenvalue weighted by atomic mass is 16.5. The molecule has 1 aromatic heterocycles. The molecule has 4 heteroatoms. The van der Waals surface area contributed by atoms with Crippen LogP contribution in [0.2, 0.25) is 0 Å². The molecule has 0 aromatic carbocycles. The number of likely N-dealkylation sites (tertiary alicyclic amines) is 1. The second kappa shape index (κ2) is 5.98. The molecular weight excluding hydrogens is 214 g/mol. The molecule has 0 radical (unpaired) electrons. The monoisotopic (exact) mass is 235 g/mol. The van der Waals surface area contributed by atoms with E-state index < -0.39 is 0 Å². The molecule has 94 valence electrons. The van der Waals surface area contributed by atoms with Crippen molar-refractivity contribution >= 4 is 0 Å². The first-order valence-corrected chi connectivity index (χ1v) is 6.24. The molecule has 0 amide bonds. The molecule has 1 unspecified atom stereocenters. The highest BCUT2D eigenvalue weighted by Crippen LogP contribution is 2.20. The van der Waals surface area contributed by atoms with Gasteiger partial charge in [0.2, 0.25) is 5.88 Å². The van der Waals surface area contributed by atoms with Crippen LogP contribution >= 0.6 is 0 Å². The van der Waals surface area contributed by atoms with Gasteiger partial charge in [0, 0.05) is 19.2 Å². The van der Waals surface area contributed by atoms with Crippen molar-refractivity contribution in [2.24, 2.45) is 11.7 Å². The Hall–Kier alpha value is -1.13. The number of rotatable bonds is 5. The molecule has 1 aromatic rings.